The molecule has 3 heterocycles. The van der Waals surface area contributed by atoms with Gasteiger partial charge >= 0.3 is 0 Å². The highest BCUT2D eigenvalue weighted by molar-refractivity contribution is 7.17. The molecule has 3 aromatic heterocycles. The third-order valence-electron chi connectivity index (χ3n) is 5.25. The van der Waals surface area contributed by atoms with Crippen LogP contribution in [-0.2, 0) is 0 Å². The van der Waals surface area contributed by atoms with Crippen LogP contribution in [-0.4, -0.2) is 46.0 Å². The van der Waals surface area contributed by atoms with Gasteiger partial charge in [-0.25, -0.2) is 9.97 Å². The van der Waals surface area contributed by atoms with Crippen LogP contribution in [0.2, 0.25) is 0 Å². The highest BCUT2D eigenvalue weighted by Crippen LogP contribution is 2.37. The van der Waals surface area contributed by atoms with Crippen LogP contribution >= 0.6 is 11.3 Å². The zero-order valence-electron chi connectivity index (χ0n) is 17.5. The summed E-state index contributed by atoms with van der Waals surface area (Å²) < 4.78 is 0. The van der Waals surface area contributed by atoms with Gasteiger partial charge in [-0.2, -0.15) is 0 Å². The van der Waals surface area contributed by atoms with E-state index in [1.807, 2.05) is 24.3 Å². The average molecular weight is 418 g/mol. The molecule has 5 nitrogen and oxygen atoms in total. The van der Waals surface area contributed by atoms with Crippen molar-refractivity contribution in [2.45, 2.75) is 20.3 Å². The van der Waals surface area contributed by atoms with E-state index in [1.165, 1.54) is 11.1 Å². The third kappa shape index (κ3) is 4.50. The number of rotatable bonds is 9. The van der Waals surface area contributed by atoms with Crippen LogP contribution in [0, 0.1) is 0 Å². The molecule has 1 N–H and O–H groups in total. The Morgan fingerprint density at radius 1 is 0.967 bits per heavy atom. The summed E-state index contributed by atoms with van der Waals surface area (Å²) in [4.78, 5) is 17.6. The number of nitrogens with zero attached hydrogens (tertiary/aromatic N) is 4. The zero-order chi connectivity index (χ0) is 20.8. The van der Waals surface area contributed by atoms with E-state index in [1.54, 1.807) is 17.5 Å². The van der Waals surface area contributed by atoms with Crippen molar-refractivity contribution in [1.82, 2.24) is 19.9 Å². The Bertz CT molecular complexity index is 1070. The van der Waals surface area contributed by atoms with Gasteiger partial charge in [0.05, 0.1) is 5.39 Å². The predicted octanol–water partition coefficient (Wildman–Crippen LogP) is 5.56. The third-order valence-corrected chi connectivity index (χ3v) is 6.12. The Hall–Kier alpha value is -2.83. The standard InChI is InChI=1S/C24H27N5S/c1-3-29(4-2)16-10-15-26-23-21-19(18-11-6-5-7-12-18)17-30-24(21)28-22(27-23)20-13-8-9-14-25-20/h5-9,11-14,17H,3-4,10,15-16H2,1-2H3,(H,26,27,28). The highest BCUT2D eigenvalue weighted by Gasteiger charge is 2.16. The number of benzene rings is 1. The summed E-state index contributed by atoms with van der Waals surface area (Å²) in [5, 5.41) is 6.87. The van der Waals surface area contributed by atoms with Gasteiger partial charge in [0.25, 0.3) is 0 Å². The first-order chi connectivity index (χ1) is 14.8. The Kier molecular flexibility index (Phi) is 6.67. The van der Waals surface area contributed by atoms with Gasteiger partial charge in [-0.3, -0.25) is 4.98 Å². The SMILES string of the molecule is CCN(CC)CCCNc1nc(-c2ccccn2)nc2scc(-c3ccccc3)c12. The Morgan fingerprint density at radius 3 is 2.50 bits per heavy atom. The fourth-order valence-corrected chi connectivity index (χ4v) is 4.51. The molecular weight excluding hydrogens is 390 g/mol. The second-order valence-corrected chi connectivity index (χ2v) is 7.97. The molecule has 0 unspecified atom stereocenters. The van der Waals surface area contributed by atoms with Crippen LogP contribution in [0.15, 0.2) is 60.1 Å². The van der Waals surface area contributed by atoms with Crippen LogP contribution in [0.3, 0.4) is 0 Å². The lowest BCUT2D eigenvalue weighted by atomic mass is 10.1. The van der Waals surface area contributed by atoms with E-state index < -0.39 is 0 Å². The van der Waals surface area contributed by atoms with Gasteiger partial charge < -0.3 is 10.2 Å². The first kappa shape index (κ1) is 20.4. The molecule has 0 spiro atoms. The molecule has 0 fully saturated rings. The van der Waals surface area contributed by atoms with Crippen LogP contribution in [0.25, 0.3) is 32.9 Å². The molecule has 6 heteroatoms. The Morgan fingerprint density at radius 2 is 1.77 bits per heavy atom. The van der Waals surface area contributed by atoms with Crippen LogP contribution in [0.1, 0.15) is 20.3 Å². The van der Waals surface area contributed by atoms with E-state index in [0.717, 1.165) is 54.3 Å². The second-order valence-electron chi connectivity index (χ2n) is 7.11. The lowest BCUT2D eigenvalue weighted by Crippen LogP contribution is -2.25. The summed E-state index contributed by atoms with van der Waals surface area (Å²) in [5.41, 5.74) is 3.15. The van der Waals surface area contributed by atoms with Gasteiger partial charge in [0.15, 0.2) is 5.82 Å². The first-order valence-corrected chi connectivity index (χ1v) is 11.4. The van der Waals surface area contributed by atoms with Crippen molar-refractivity contribution in [2.24, 2.45) is 0 Å². The number of anilines is 1. The van der Waals surface area contributed by atoms with Crippen molar-refractivity contribution in [1.29, 1.82) is 0 Å². The minimum atomic E-state index is 0.663. The minimum Gasteiger partial charge on any atom is -0.369 e. The molecule has 154 valence electrons. The van der Waals surface area contributed by atoms with E-state index in [9.17, 15) is 0 Å². The summed E-state index contributed by atoms with van der Waals surface area (Å²) in [7, 11) is 0. The minimum absolute atomic E-state index is 0.663. The summed E-state index contributed by atoms with van der Waals surface area (Å²) in [6.45, 7) is 8.54. The first-order valence-electron chi connectivity index (χ1n) is 10.5. The molecule has 30 heavy (non-hydrogen) atoms. The quantitative estimate of drug-likeness (QED) is 0.361. The number of thiophene rings is 1. The van der Waals surface area contributed by atoms with E-state index in [2.05, 4.69) is 58.7 Å². The number of pyridine rings is 1. The fourth-order valence-electron chi connectivity index (χ4n) is 3.56. The van der Waals surface area contributed by atoms with Gasteiger partial charge in [-0.05, 0) is 43.8 Å². The molecule has 0 radical (unpaired) electrons. The maximum atomic E-state index is 4.89. The van der Waals surface area contributed by atoms with Crippen molar-refractivity contribution >= 4 is 27.4 Å². The topological polar surface area (TPSA) is 53.9 Å². The van der Waals surface area contributed by atoms with E-state index in [4.69, 9.17) is 9.97 Å². The van der Waals surface area contributed by atoms with Crippen molar-refractivity contribution < 1.29 is 0 Å². The summed E-state index contributed by atoms with van der Waals surface area (Å²) in [6.07, 6.45) is 2.85. The molecule has 4 aromatic rings. The van der Waals surface area contributed by atoms with Crippen molar-refractivity contribution in [3.05, 3.63) is 60.1 Å². The second kappa shape index (κ2) is 9.78. The summed E-state index contributed by atoms with van der Waals surface area (Å²) >= 11 is 1.66. The number of aromatic nitrogens is 3. The molecule has 0 saturated carbocycles. The van der Waals surface area contributed by atoms with Gasteiger partial charge in [0, 0.05) is 23.7 Å². The monoisotopic (exact) mass is 417 g/mol. The maximum Gasteiger partial charge on any atom is 0.181 e. The van der Waals surface area contributed by atoms with Gasteiger partial charge in [-0.15, -0.1) is 11.3 Å². The molecular formula is C24H27N5S. The molecule has 0 amide bonds. The highest BCUT2D eigenvalue weighted by atomic mass is 32.1. The van der Waals surface area contributed by atoms with Crippen molar-refractivity contribution in [2.75, 3.05) is 31.5 Å². The van der Waals surface area contributed by atoms with E-state index in [0.29, 0.717) is 5.82 Å². The van der Waals surface area contributed by atoms with Crippen LogP contribution in [0.4, 0.5) is 5.82 Å². The number of hydrogen-bond acceptors (Lipinski definition) is 6. The summed E-state index contributed by atoms with van der Waals surface area (Å²) in [5.74, 6) is 1.55. The molecule has 0 aliphatic carbocycles. The van der Waals surface area contributed by atoms with Crippen molar-refractivity contribution in [3.63, 3.8) is 0 Å². The van der Waals surface area contributed by atoms with Crippen LogP contribution in [0.5, 0.6) is 0 Å². The molecule has 0 atom stereocenters. The van der Waals surface area contributed by atoms with E-state index >= 15 is 0 Å². The molecule has 0 saturated heterocycles. The number of nitrogens with one attached hydrogen (secondary N) is 1. The number of hydrogen-bond donors (Lipinski definition) is 1. The zero-order valence-corrected chi connectivity index (χ0v) is 18.3. The molecule has 0 aliphatic heterocycles. The fraction of sp³-hybridized carbons (Fsp3) is 0.292. The Labute approximate surface area is 181 Å². The normalized spacial score (nSPS) is 11.3. The van der Waals surface area contributed by atoms with Gasteiger partial charge in [0.2, 0.25) is 0 Å². The largest absolute Gasteiger partial charge is 0.369 e. The molecule has 0 aliphatic rings. The maximum absolute atomic E-state index is 4.89. The van der Waals surface area contributed by atoms with Gasteiger partial charge in [0.1, 0.15) is 16.3 Å². The van der Waals surface area contributed by atoms with E-state index in [-0.39, 0.29) is 0 Å². The smallest absolute Gasteiger partial charge is 0.181 e. The van der Waals surface area contributed by atoms with Crippen LogP contribution < -0.4 is 5.32 Å². The number of fused-ring (bicyclic) bond motifs is 1. The van der Waals surface area contributed by atoms with Crippen molar-refractivity contribution in [3.8, 4) is 22.6 Å². The molecule has 1 aromatic carbocycles. The molecule has 4 rings (SSSR count). The predicted molar refractivity (Wildman–Crippen MR) is 127 cm³/mol. The lowest BCUT2D eigenvalue weighted by Gasteiger charge is -2.18. The average Bonchev–Trinajstić information content (AvgIpc) is 3.24. The summed E-state index contributed by atoms with van der Waals surface area (Å²) in [6, 6.07) is 16.3. The van der Waals surface area contributed by atoms with Gasteiger partial charge in [-0.1, -0.05) is 50.2 Å². The lowest BCUT2D eigenvalue weighted by molar-refractivity contribution is 0.303. The molecule has 0 bridgehead atoms. The Balaban J connectivity index is 1.69.